The molecule has 94 valence electrons. The standard InChI is InChI=1S/C15H17NO2/c1-15(2,3)12-6-4-11(5-7-12)10-16-13(17)8-9-14(16)18/h4-9H,10H2,1-3H3. The van der Waals surface area contributed by atoms with Gasteiger partial charge >= 0.3 is 0 Å². The zero-order chi connectivity index (χ0) is 13.3. The van der Waals surface area contributed by atoms with Crippen LogP contribution in [0.25, 0.3) is 0 Å². The third-order valence-electron chi connectivity index (χ3n) is 3.06. The molecule has 0 spiro atoms. The molecule has 18 heavy (non-hydrogen) atoms. The molecule has 3 nitrogen and oxygen atoms in total. The van der Waals surface area contributed by atoms with Gasteiger partial charge < -0.3 is 0 Å². The SMILES string of the molecule is CC(C)(C)c1ccc(CN2C(=O)C=CC2=O)cc1. The van der Waals surface area contributed by atoms with Crippen LogP contribution < -0.4 is 0 Å². The predicted molar refractivity (Wildman–Crippen MR) is 69.8 cm³/mol. The molecule has 3 heteroatoms. The van der Waals surface area contributed by atoms with Crippen molar-refractivity contribution < 1.29 is 9.59 Å². The van der Waals surface area contributed by atoms with Crippen LogP contribution in [0, 0.1) is 0 Å². The van der Waals surface area contributed by atoms with Crippen LogP contribution in [0.4, 0.5) is 0 Å². The molecule has 1 aliphatic heterocycles. The van der Waals surface area contributed by atoms with E-state index in [1.54, 1.807) is 0 Å². The van der Waals surface area contributed by atoms with Gasteiger partial charge in [0.1, 0.15) is 0 Å². The van der Waals surface area contributed by atoms with Crippen molar-refractivity contribution in [3.05, 3.63) is 47.5 Å². The van der Waals surface area contributed by atoms with Crippen LogP contribution in [-0.2, 0) is 21.5 Å². The lowest BCUT2D eigenvalue weighted by Gasteiger charge is -2.20. The van der Waals surface area contributed by atoms with E-state index in [4.69, 9.17) is 0 Å². The highest BCUT2D eigenvalue weighted by Crippen LogP contribution is 2.22. The van der Waals surface area contributed by atoms with Crippen LogP contribution >= 0.6 is 0 Å². The topological polar surface area (TPSA) is 37.4 Å². The van der Waals surface area contributed by atoms with Gasteiger partial charge in [-0.05, 0) is 16.5 Å². The van der Waals surface area contributed by atoms with Crippen molar-refractivity contribution >= 4 is 11.8 Å². The number of benzene rings is 1. The Hall–Kier alpha value is -1.90. The fourth-order valence-corrected chi connectivity index (χ4v) is 1.88. The van der Waals surface area contributed by atoms with Crippen molar-refractivity contribution in [3.8, 4) is 0 Å². The normalized spacial score (nSPS) is 15.6. The maximum Gasteiger partial charge on any atom is 0.253 e. The highest BCUT2D eigenvalue weighted by atomic mass is 16.2. The number of imide groups is 1. The number of carbonyl (C=O) groups is 2. The van der Waals surface area contributed by atoms with Crippen molar-refractivity contribution in [1.82, 2.24) is 4.90 Å². The van der Waals surface area contributed by atoms with Gasteiger partial charge in [0.15, 0.2) is 0 Å². The number of hydrogen-bond acceptors (Lipinski definition) is 2. The van der Waals surface area contributed by atoms with Crippen LogP contribution in [0.3, 0.4) is 0 Å². The number of rotatable bonds is 2. The molecule has 1 aliphatic rings. The Kier molecular flexibility index (Phi) is 3.07. The summed E-state index contributed by atoms with van der Waals surface area (Å²) >= 11 is 0. The van der Waals surface area contributed by atoms with E-state index < -0.39 is 0 Å². The van der Waals surface area contributed by atoms with Crippen LogP contribution in [-0.4, -0.2) is 16.7 Å². The summed E-state index contributed by atoms with van der Waals surface area (Å²) in [6.45, 7) is 6.80. The first-order chi connectivity index (χ1) is 8.38. The highest BCUT2D eigenvalue weighted by molar-refractivity contribution is 6.12. The van der Waals surface area contributed by atoms with Crippen molar-refractivity contribution in [3.63, 3.8) is 0 Å². The maximum atomic E-state index is 11.4. The predicted octanol–water partition coefficient (Wildman–Crippen LogP) is 2.41. The van der Waals surface area contributed by atoms with Gasteiger partial charge in [-0.1, -0.05) is 45.0 Å². The first kappa shape index (κ1) is 12.6. The molecule has 0 atom stereocenters. The first-order valence-corrected chi connectivity index (χ1v) is 6.01. The molecule has 0 unspecified atom stereocenters. The second-order valence-electron chi connectivity index (χ2n) is 5.54. The van der Waals surface area contributed by atoms with E-state index >= 15 is 0 Å². The molecule has 2 amide bonds. The van der Waals surface area contributed by atoms with Gasteiger partial charge in [0.25, 0.3) is 11.8 Å². The Morgan fingerprint density at radius 1 is 0.944 bits per heavy atom. The molecule has 0 fully saturated rings. The molecule has 0 saturated heterocycles. The summed E-state index contributed by atoms with van der Waals surface area (Å²) in [5.41, 5.74) is 2.32. The minimum atomic E-state index is -0.236. The Morgan fingerprint density at radius 3 is 1.89 bits per heavy atom. The van der Waals surface area contributed by atoms with Gasteiger partial charge in [-0.15, -0.1) is 0 Å². The minimum Gasteiger partial charge on any atom is -0.271 e. The van der Waals surface area contributed by atoms with Crippen LogP contribution in [0.5, 0.6) is 0 Å². The molecule has 1 heterocycles. The van der Waals surface area contributed by atoms with E-state index in [0.29, 0.717) is 6.54 Å². The number of nitrogens with zero attached hydrogens (tertiary/aromatic N) is 1. The second kappa shape index (κ2) is 4.41. The molecule has 0 saturated carbocycles. The summed E-state index contributed by atoms with van der Waals surface area (Å²) in [6, 6.07) is 8.04. The second-order valence-corrected chi connectivity index (χ2v) is 5.54. The van der Waals surface area contributed by atoms with Crippen molar-refractivity contribution in [2.45, 2.75) is 32.7 Å². The van der Waals surface area contributed by atoms with Gasteiger partial charge in [-0.2, -0.15) is 0 Å². The minimum absolute atomic E-state index is 0.110. The average molecular weight is 243 g/mol. The van der Waals surface area contributed by atoms with Gasteiger partial charge in [0.2, 0.25) is 0 Å². The molecular weight excluding hydrogens is 226 g/mol. The van der Waals surface area contributed by atoms with E-state index in [1.165, 1.54) is 22.6 Å². The molecule has 0 aliphatic carbocycles. The number of hydrogen-bond donors (Lipinski definition) is 0. The Bertz CT molecular complexity index is 488. The summed E-state index contributed by atoms with van der Waals surface area (Å²) in [5, 5.41) is 0. The van der Waals surface area contributed by atoms with Gasteiger partial charge in [0.05, 0.1) is 6.54 Å². The van der Waals surface area contributed by atoms with Gasteiger partial charge in [0, 0.05) is 12.2 Å². The quantitative estimate of drug-likeness (QED) is 0.748. The smallest absolute Gasteiger partial charge is 0.253 e. The zero-order valence-electron chi connectivity index (χ0n) is 10.9. The van der Waals surface area contributed by atoms with E-state index in [-0.39, 0.29) is 17.2 Å². The largest absolute Gasteiger partial charge is 0.271 e. The fourth-order valence-electron chi connectivity index (χ4n) is 1.88. The first-order valence-electron chi connectivity index (χ1n) is 6.01. The van der Waals surface area contributed by atoms with Gasteiger partial charge in [-0.25, -0.2) is 0 Å². The van der Waals surface area contributed by atoms with Crippen molar-refractivity contribution in [2.24, 2.45) is 0 Å². The number of carbonyl (C=O) groups excluding carboxylic acids is 2. The lowest BCUT2D eigenvalue weighted by Crippen LogP contribution is -2.29. The molecule has 1 aromatic carbocycles. The number of amides is 2. The summed E-state index contributed by atoms with van der Waals surface area (Å²) in [5.74, 6) is -0.472. The highest BCUT2D eigenvalue weighted by Gasteiger charge is 2.23. The Balaban J connectivity index is 2.12. The van der Waals surface area contributed by atoms with Crippen molar-refractivity contribution in [2.75, 3.05) is 0 Å². The van der Waals surface area contributed by atoms with E-state index in [0.717, 1.165) is 5.56 Å². The van der Waals surface area contributed by atoms with Crippen LogP contribution in [0.2, 0.25) is 0 Å². The lowest BCUT2D eigenvalue weighted by atomic mass is 9.87. The van der Waals surface area contributed by atoms with E-state index in [2.05, 4.69) is 20.8 Å². The maximum absolute atomic E-state index is 11.4. The third-order valence-corrected chi connectivity index (χ3v) is 3.06. The molecule has 0 radical (unpaired) electrons. The Morgan fingerprint density at radius 2 is 1.44 bits per heavy atom. The average Bonchev–Trinajstić information content (AvgIpc) is 2.60. The molecule has 1 aromatic rings. The molecule has 0 bridgehead atoms. The summed E-state index contributed by atoms with van der Waals surface area (Å²) in [6.07, 6.45) is 2.62. The van der Waals surface area contributed by atoms with Crippen molar-refractivity contribution in [1.29, 1.82) is 0 Å². The molecule has 0 N–H and O–H groups in total. The summed E-state index contributed by atoms with van der Waals surface area (Å²) < 4.78 is 0. The van der Waals surface area contributed by atoms with E-state index in [1.807, 2.05) is 24.3 Å². The van der Waals surface area contributed by atoms with Gasteiger partial charge in [-0.3, -0.25) is 14.5 Å². The molecular formula is C15H17NO2. The Labute approximate surface area is 107 Å². The summed E-state index contributed by atoms with van der Waals surface area (Å²) in [4.78, 5) is 24.1. The van der Waals surface area contributed by atoms with Crippen LogP contribution in [0.1, 0.15) is 31.9 Å². The van der Waals surface area contributed by atoms with Crippen LogP contribution in [0.15, 0.2) is 36.4 Å². The molecule has 2 rings (SSSR count). The summed E-state index contributed by atoms with van der Waals surface area (Å²) in [7, 11) is 0. The lowest BCUT2D eigenvalue weighted by molar-refractivity contribution is -0.137. The zero-order valence-corrected chi connectivity index (χ0v) is 10.9. The third kappa shape index (κ3) is 2.50. The monoisotopic (exact) mass is 243 g/mol. The molecule has 0 aromatic heterocycles. The fraction of sp³-hybridized carbons (Fsp3) is 0.333. The van der Waals surface area contributed by atoms with E-state index in [9.17, 15) is 9.59 Å².